The molecule has 1 aromatic carbocycles. The van der Waals surface area contributed by atoms with Gasteiger partial charge in [0.1, 0.15) is 12.1 Å². The van der Waals surface area contributed by atoms with E-state index in [9.17, 15) is 9.18 Å². The number of hydrogen-bond donors (Lipinski definition) is 0. The maximum atomic E-state index is 13.4. The van der Waals surface area contributed by atoms with Crippen LogP contribution in [0.5, 0.6) is 0 Å². The van der Waals surface area contributed by atoms with E-state index in [4.69, 9.17) is 9.47 Å². The molecule has 0 N–H and O–H groups in total. The molecule has 33 heavy (non-hydrogen) atoms. The Labute approximate surface area is 188 Å². The van der Waals surface area contributed by atoms with E-state index in [1.807, 2.05) is 0 Å². The van der Waals surface area contributed by atoms with Gasteiger partial charge >= 0.3 is 0 Å². The van der Waals surface area contributed by atoms with Crippen molar-refractivity contribution < 1.29 is 13.9 Å². The third-order valence-corrected chi connectivity index (χ3v) is 5.76. The molecule has 172 valence electrons. The van der Waals surface area contributed by atoms with Gasteiger partial charge in [-0.15, -0.1) is 10.2 Å². The summed E-state index contributed by atoms with van der Waals surface area (Å²) in [5.74, 6) is -0.337. The Bertz CT molecular complexity index is 1330. The summed E-state index contributed by atoms with van der Waals surface area (Å²) in [6.07, 6.45) is 2.34. The van der Waals surface area contributed by atoms with Crippen LogP contribution in [0.4, 0.5) is 4.39 Å². The number of hydrogen-bond acceptors (Lipinski definition) is 8. The van der Waals surface area contributed by atoms with Crippen molar-refractivity contribution in [3.05, 3.63) is 52.5 Å². The summed E-state index contributed by atoms with van der Waals surface area (Å²) in [6, 6.07) is 6.05. The summed E-state index contributed by atoms with van der Waals surface area (Å²) >= 11 is 0. The van der Waals surface area contributed by atoms with E-state index < -0.39 is 0 Å². The summed E-state index contributed by atoms with van der Waals surface area (Å²) < 4.78 is 27.2. The Balaban J connectivity index is 1.50. The molecule has 1 aliphatic heterocycles. The number of ether oxygens (including phenoxy) is 2. The molecular weight excluding hydrogens is 429 g/mol. The molecule has 0 spiro atoms. The number of morpholine rings is 1. The zero-order valence-corrected chi connectivity index (χ0v) is 18.3. The van der Waals surface area contributed by atoms with Crippen LogP contribution in [-0.4, -0.2) is 74.2 Å². The molecule has 0 bridgehead atoms. The van der Waals surface area contributed by atoms with Crippen molar-refractivity contribution in [1.82, 2.24) is 34.3 Å². The van der Waals surface area contributed by atoms with Gasteiger partial charge in [0.05, 0.1) is 31.1 Å². The van der Waals surface area contributed by atoms with E-state index in [2.05, 4.69) is 25.2 Å². The zero-order chi connectivity index (χ0) is 22.8. The lowest BCUT2D eigenvalue weighted by molar-refractivity contribution is 0.0369. The second-order valence-electron chi connectivity index (χ2n) is 7.92. The molecule has 0 atom stereocenters. The number of fused-ring (bicyclic) bond motifs is 3. The first-order chi connectivity index (χ1) is 16.2. The van der Waals surface area contributed by atoms with E-state index in [1.165, 1.54) is 23.0 Å². The normalized spacial score (nSPS) is 15.0. The van der Waals surface area contributed by atoms with E-state index in [1.54, 1.807) is 23.8 Å². The van der Waals surface area contributed by atoms with Crippen molar-refractivity contribution in [2.75, 3.05) is 40.0 Å². The van der Waals surface area contributed by atoms with Crippen LogP contribution in [0.25, 0.3) is 27.9 Å². The van der Waals surface area contributed by atoms with Crippen LogP contribution >= 0.6 is 0 Å². The van der Waals surface area contributed by atoms with Crippen LogP contribution in [0.1, 0.15) is 12.1 Å². The number of aryl methyl sites for hydroxylation is 1. The van der Waals surface area contributed by atoms with Crippen molar-refractivity contribution >= 4 is 16.8 Å². The minimum atomic E-state index is -0.337. The first-order valence-electron chi connectivity index (χ1n) is 10.8. The number of halogens is 1. The summed E-state index contributed by atoms with van der Waals surface area (Å²) in [5, 5.41) is 13.1. The lowest BCUT2D eigenvalue weighted by Gasteiger charge is -2.26. The first-order valence-corrected chi connectivity index (χ1v) is 10.8. The molecular formula is C22H24FN7O3. The van der Waals surface area contributed by atoms with Crippen molar-refractivity contribution in [3.63, 3.8) is 0 Å². The van der Waals surface area contributed by atoms with E-state index >= 15 is 0 Å². The summed E-state index contributed by atoms with van der Waals surface area (Å²) in [6.45, 7) is 4.96. The van der Waals surface area contributed by atoms with Gasteiger partial charge in [0, 0.05) is 33.3 Å². The molecule has 11 heteroatoms. The highest BCUT2D eigenvalue weighted by molar-refractivity contribution is 5.83. The number of rotatable bonds is 7. The van der Waals surface area contributed by atoms with Crippen molar-refractivity contribution in [3.8, 4) is 11.1 Å². The third-order valence-electron chi connectivity index (χ3n) is 5.76. The molecule has 0 saturated carbocycles. The van der Waals surface area contributed by atoms with Gasteiger partial charge in [-0.3, -0.25) is 14.3 Å². The van der Waals surface area contributed by atoms with E-state index in [0.29, 0.717) is 29.1 Å². The second-order valence-corrected chi connectivity index (χ2v) is 7.92. The average Bonchev–Trinajstić information content (AvgIpc) is 3.20. The highest BCUT2D eigenvalue weighted by Gasteiger charge is 2.20. The largest absolute Gasteiger partial charge is 0.379 e. The third kappa shape index (κ3) is 4.22. The second kappa shape index (κ2) is 9.30. The minimum Gasteiger partial charge on any atom is -0.379 e. The topological polar surface area (TPSA) is 99.7 Å². The van der Waals surface area contributed by atoms with Crippen LogP contribution < -0.4 is 5.56 Å². The highest BCUT2D eigenvalue weighted by Crippen LogP contribution is 2.28. The fourth-order valence-corrected chi connectivity index (χ4v) is 4.10. The molecule has 5 rings (SSSR count). The average molecular weight is 453 g/mol. The number of methoxy groups -OCH3 is 1. The predicted molar refractivity (Wildman–Crippen MR) is 118 cm³/mol. The number of aromatic nitrogens is 6. The molecule has 0 radical (unpaired) electrons. The lowest BCUT2D eigenvalue weighted by Crippen LogP contribution is -2.37. The maximum Gasteiger partial charge on any atom is 0.283 e. The first kappa shape index (κ1) is 21.6. The Morgan fingerprint density at radius 2 is 1.88 bits per heavy atom. The van der Waals surface area contributed by atoms with Gasteiger partial charge < -0.3 is 9.47 Å². The van der Waals surface area contributed by atoms with Crippen LogP contribution in [0.2, 0.25) is 0 Å². The Hall–Kier alpha value is -3.28. The number of benzene rings is 1. The van der Waals surface area contributed by atoms with Gasteiger partial charge in [-0.25, -0.2) is 9.37 Å². The van der Waals surface area contributed by atoms with Gasteiger partial charge in [-0.2, -0.15) is 9.61 Å². The minimum absolute atomic E-state index is 0.147. The molecule has 4 aromatic rings. The standard InChI is InChI=1S/C22H24FN7O3/c1-32-13-17-18(15-3-5-16(23)6-4-15)20-26-25-19-21(30(20)27-17)24-14-29(22(19)31)8-2-7-28-9-11-33-12-10-28/h3-6,14H,2,7-13H2,1H3. The molecule has 10 nitrogen and oxygen atoms in total. The molecule has 0 aliphatic carbocycles. The Kier molecular flexibility index (Phi) is 6.07. The Morgan fingerprint density at radius 3 is 2.64 bits per heavy atom. The van der Waals surface area contributed by atoms with Crippen molar-refractivity contribution in [2.24, 2.45) is 0 Å². The monoisotopic (exact) mass is 453 g/mol. The summed E-state index contributed by atoms with van der Waals surface area (Å²) in [4.78, 5) is 19.9. The lowest BCUT2D eigenvalue weighted by atomic mass is 10.1. The van der Waals surface area contributed by atoms with Crippen LogP contribution in [-0.2, 0) is 22.6 Å². The van der Waals surface area contributed by atoms with Crippen molar-refractivity contribution in [2.45, 2.75) is 19.6 Å². The number of nitrogens with zero attached hydrogens (tertiary/aromatic N) is 7. The fraction of sp³-hybridized carbons (Fsp3) is 0.409. The van der Waals surface area contributed by atoms with Crippen molar-refractivity contribution in [1.29, 1.82) is 0 Å². The summed E-state index contributed by atoms with van der Waals surface area (Å²) in [7, 11) is 1.57. The van der Waals surface area contributed by atoms with Crippen LogP contribution in [0, 0.1) is 5.82 Å². The Morgan fingerprint density at radius 1 is 1.09 bits per heavy atom. The molecule has 3 aromatic heterocycles. The highest BCUT2D eigenvalue weighted by atomic mass is 19.1. The van der Waals surface area contributed by atoms with E-state index in [-0.39, 0.29) is 23.5 Å². The predicted octanol–water partition coefficient (Wildman–Crippen LogP) is 1.51. The smallest absolute Gasteiger partial charge is 0.283 e. The molecule has 1 aliphatic rings. The van der Waals surface area contributed by atoms with Gasteiger partial charge in [0.25, 0.3) is 5.56 Å². The molecule has 0 amide bonds. The maximum absolute atomic E-state index is 13.4. The molecule has 1 fully saturated rings. The van der Waals surface area contributed by atoms with Gasteiger partial charge in [-0.1, -0.05) is 12.1 Å². The quantitative estimate of drug-likeness (QED) is 0.415. The molecule has 1 saturated heterocycles. The van der Waals surface area contributed by atoms with E-state index in [0.717, 1.165) is 44.8 Å². The van der Waals surface area contributed by atoms with Gasteiger partial charge in [0.2, 0.25) is 0 Å². The van der Waals surface area contributed by atoms with Crippen LogP contribution in [0.15, 0.2) is 35.4 Å². The fourth-order valence-electron chi connectivity index (χ4n) is 4.10. The van der Waals surface area contributed by atoms with Gasteiger partial charge in [0.15, 0.2) is 16.8 Å². The SMILES string of the molecule is COCc1nn2c(nnc3c(=O)n(CCCN4CCOCC4)cnc32)c1-c1ccc(F)cc1. The molecule has 0 unspecified atom stereocenters. The van der Waals surface area contributed by atoms with Gasteiger partial charge in [-0.05, 0) is 24.1 Å². The summed E-state index contributed by atoms with van der Waals surface area (Å²) in [5.41, 5.74) is 2.63. The zero-order valence-electron chi connectivity index (χ0n) is 18.3. The molecule has 4 heterocycles. The van der Waals surface area contributed by atoms with Crippen LogP contribution in [0.3, 0.4) is 0 Å².